The first kappa shape index (κ1) is 32.1. The minimum Gasteiger partial charge on any atom is -0.309 e. The van der Waals surface area contributed by atoms with Gasteiger partial charge in [-0.1, -0.05) is 146 Å². The SMILES string of the molecule is C1=CC(c2nc(-c3ccccc3)nc(-c3ccc4c5ccccc5n(-c5ccccc5)c4c3)n2)=CC(c2ccc(-n3c4ccccc4c4ccccc43)cc2)C1. The maximum absolute atomic E-state index is 5.20. The number of fused-ring (bicyclic) bond motifs is 6. The Hall–Kier alpha value is -7.37. The largest absolute Gasteiger partial charge is 0.309 e. The van der Waals surface area contributed by atoms with E-state index in [1.807, 2.05) is 18.2 Å². The molecule has 10 aromatic rings. The monoisotopic (exact) mass is 717 g/mol. The Morgan fingerprint density at radius 1 is 0.411 bits per heavy atom. The first-order valence-corrected chi connectivity index (χ1v) is 19.1. The summed E-state index contributed by atoms with van der Waals surface area (Å²) in [5, 5.41) is 4.94. The van der Waals surface area contributed by atoms with E-state index in [4.69, 9.17) is 15.0 Å². The molecule has 0 amide bonds. The Balaban J connectivity index is 1.00. The highest BCUT2D eigenvalue weighted by molar-refractivity contribution is 6.10. The number of rotatable bonds is 6. The summed E-state index contributed by atoms with van der Waals surface area (Å²) in [6, 6.07) is 62.2. The molecule has 264 valence electrons. The van der Waals surface area contributed by atoms with Crippen molar-refractivity contribution in [3.8, 4) is 34.2 Å². The molecule has 0 bridgehead atoms. The fourth-order valence-corrected chi connectivity index (χ4v) is 8.45. The second kappa shape index (κ2) is 13.2. The highest BCUT2D eigenvalue weighted by Crippen LogP contribution is 2.37. The maximum Gasteiger partial charge on any atom is 0.164 e. The average Bonchev–Trinajstić information content (AvgIpc) is 3.80. The van der Waals surface area contributed by atoms with Gasteiger partial charge in [-0.2, -0.15) is 0 Å². The van der Waals surface area contributed by atoms with E-state index in [2.05, 4.69) is 185 Å². The number of nitrogens with zero attached hydrogens (tertiary/aromatic N) is 5. The number of hydrogen-bond acceptors (Lipinski definition) is 3. The topological polar surface area (TPSA) is 48.5 Å². The van der Waals surface area contributed by atoms with Crippen molar-refractivity contribution in [2.24, 2.45) is 0 Å². The van der Waals surface area contributed by atoms with E-state index in [0.717, 1.165) is 40.0 Å². The summed E-state index contributed by atoms with van der Waals surface area (Å²) in [5.74, 6) is 2.15. The normalized spacial score (nSPS) is 14.2. The van der Waals surface area contributed by atoms with Gasteiger partial charge in [0.05, 0.1) is 22.1 Å². The van der Waals surface area contributed by atoms with Crippen LogP contribution in [0.3, 0.4) is 0 Å². The molecule has 3 aromatic heterocycles. The van der Waals surface area contributed by atoms with Crippen LogP contribution in [0.2, 0.25) is 0 Å². The summed E-state index contributed by atoms with van der Waals surface area (Å²) >= 11 is 0. The third-order valence-corrected chi connectivity index (χ3v) is 11.1. The van der Waals surface area contributed by atoms with Gasteiger partial charge in [-0.25, -0.2) is 15.0 Å². The van der Waals surface area contributed by atoms with Gasteiger partial charge in [0, 0.05) is 55.5 Å². The van der Waals surface area contributed by atoms with Gasteiger partial charge in [0.15, 0.2) is 17.5 Å². The maximum atomic E-state index is 5.20. The molecule has 0 saturated heterocycles. The summed E-state index contributed by atoms with van der Waals surface area (Å²) in [7, 11) is 0. The Morgan fingerprint density at radius 2 is 0.911 bits per heavy atom. The molecule has 1 aliphatic rings. The minimum absolute atomic E-state index is 0.181. The lowest BCUT2D eigenvalue weighted by Crippen LogP contribution is -2.05. The zero-order valence-electron chi connectivity index (χ0n) is 30.5. The van der Waals surface area contributed by atoms with E-state index >= 15 is 0 Å². The van der Waals surface area contributed by atoms with Crippen LogP contribution in [0.4, 0.5) is 0 Å². The van der Waals surface area contributed by atoms with Crippen LogP contribution in [-0.4, -0.2) is 24.1 Å². The molecule has 0 radical (unpaired) electrons. The van der Waals surface area contributed by atoms with Gasteiger partial charge in [-0.3, -0.25) is 0 Å². The van der Waals surface area contributed by atoms with Gasteiger partial charge < -0.3 is 9.13 Å². The van der Waals surface area contributed by atoms with Gasteiger partial charge in [0.1, 0.15) is 0 Å². The van der Waals surface area contributed by atoms with Crippen molar-refractivity contribution in [3.05, 3.63) is 206 Å². The van der Waals surface area contributed by atoms with Crippen molar-refractivity contribution in [3.63, 3.8) is 0 Å². The average molecular weight is 718 g/mol. The summed E-state index contributed by atoms with van der Waals surface area (Å²) < 4.78 is 4.70. The van der Waals surface area contributed by atoms with Crippen LogP contribution in [-0.2, 0) is 0 Å². The molecule has 1 aliphatic carbocycles. The molecule has 5 nitrogen and oxygen atoms in total. The molecule has 3 heterocycles. The van der Waals surface area contributed by atoms with Gasteiger partial charge in [-0.15, -0.1) is 0 Å². The second-order valence-corrected chi connectivity index (χ2v) is 14.4. The highest BCUT2D eigenvalue weighted by atomic mass is 15.0. The summed E-state index contributed by atoms with van der Waals surface area (Å²) in [6.07, 6.45) is 7.63. The van der Waals surface area contributed by atoms with Crippen LogP contribution in [0.15, 0.2) is 194 Å². The molecule has 0 aliphatic heterocycles. The van der Waals surface area contributed by atoms with Crippen LogP contribution in [0.1, 0.15) is 23.7 Å². The first-order valence-electron chi connectivity index (χ1n) is 19.1. The summed E-state index contributed by atoms with van der Waals surface area (Å²) in [4.78, 5) is 15.4. The van der Waals surface area contributed by atoms with E-state index in [9.17, 15) is 0 Å². The third kappa shape index (κ3) is 5.36. The lowest BCUT2D eigenvalue weighted by atomic mass is 9.89. The molecule has 0 fully saturated rings. The van der Waals surface area contributed by atoms with Gasteiger partial charge in [0.25, 0.3) is 0 Å². The molecule has 1 atom stereocenters. The van der Waals surface area contributed by atoms with E-state index in [1.54, 1.807) is 0 Å². The first-order chi connectivity index (χ1) is 27.8. The van der Waals surface area contributed by atoms with Crippen molar-refractivity contribution in [2.75, 3.05) is 0 Å². The van der Waals surface area contributed by atoms with Gasteiger partial charge in [-0.05, 0) is 60.5 Å². The van der Waals surface area contributed by atoms with E-state index in [1.165, 1.54) is 43.7 Å². The predicted molar refractivity (Wildman–Crippen MR) is 230 cm³/mol. The molecule has 5 heteroatoms. The Kier molecular flexibility index (Phi) is 7.56. The van der Waals surface area contributed by atoms with Gasteiger partial charge >= 0.3 is 0 Å². The summed E-state index contributed by atoms with van der Waals surface area (Å²) in [6.45, 7) is 0. The number of allylic oxidation sites excluding steroid dienone is 4. The second-order valence-electron chi connectivity index (χ2n) is 14.4. The smallest absolute Gasteiger partial charge is 0.164 e. The molecule has 0 N–H and O–H groups in total. The van der Waals surface area contributed by atoms with E-state index in [-0.39, 0.29) is 5.92 Å². The Bertz CT molecular complexity index is 3100. The minimum atomic E-state index is 0.181. The number of hydrogen-bond donors (Lipinski definition) is 0. The van der Waals surface area contributed by atoms with Gasteiger partial charge in [0.2, 0.25) is 0 Å². The lowest BCUT2D eigenvalue weighted by Gasteiger charge is -2.18. The molecule has 7 aromatic carbocycles. The molecule has 1 unspecified atom stereocenters. The van der Waals surface area contributed by atoms with Crippen LogP contribution in [0.25, 0.3) is 83.3 Å². The van der Waals surface area contributed by atoms with Crippen molar-refractivity contribution in [1.82, 2.24) is 24.1 Å². The fourth-order valence-electron chi connectivity index (χ4n) is 8.45. The van der Waals surface area contributed by atoms with Crippen molar-refractivity contribution < 1.29 is 0 Å². The molecule has 56 heavy (non-hydrogen) atoms. The standard InChI is InChI=1S/C51H35N5/c1-3-14-35(15-4-1)49-52-50(54-51(53-49)38-28-31-44-43-22-9-12-25-47(43)56(48(44)33-38)39-18-5-2-6-19-39)37-17-13-16-36(32-37)34-26-29-40(30-27-34)55-45-23-10-7-20-41(45)42-21-8-11-24-46(42)55/h1-15,17-33,36H,16H2. The molecule has 11 rings (SSSR count). The van der Waals surface area contributed by atoms with Crippen LogP contribution >= 0.6 is 0 Å². The van der Waals surface area contributed by atoms with Crippen LogP contribution in [0, 0.1) is 0 Å². The molecule has 0 spiro atoms. The zero-order valence-corrected chi connectivity index (χ0v) is 30.5. The zero-order chi connectivity index (χ0) is 37.0. The van der Waals surface area contributed by atoms with Crippen molar-refractivity contribution in [1.29, 1.82) is 0 Å². The quantitative estimate of drug-likeness (QED) is 0.172. The molecular formula is C51H35N5. The predicted octanol–water partition coefficient (Wildman–Crippen LogP) is 12.5. The van der Waals surface area contributed by atoms with Crippen LogP contribution in [0.5, 0.6) is 0 Å². The van der Waals surface area contributed by atoms with E-state index in [0.29, 0.717) is 17.5 Å². The fraction of sp³-hybridized carbons (Fsp3) is 0.0392. The Labute approximate surface area is 324 Å². The van der Waals surface area contributed by atoms with E-state index < -0.39 is 0 Å². The molecular weight excluding hydrogens is 683 g/mol. The molecule has 0 saturated carbocycles. The van der Waals surface area contributed by atoms with Crippen molar-refractivity contribution in [2.45, 2.75) is 12.3 Å². The van der Waals surface area contributed by atoms with Crippen molar-refractivity contribution >= 4 is 49.2 Å². The number of aromatic nitrogens is 5. The number of para-hydroxylation sites is 4. The van der Waals surface area contributed by atoms with Crippen LogP contribution < -0.4 is 0 Å². The lowest BCUT2D eigenvalue weighted by molar-refractivity contribution is 0.853. The third-order valence-electron chi connectivity index (χ3n) is 11.1. The summed E-state index contributed by atoms with van der Waals surface area (Å²) in [5.41, 5.74) is 11.1. The number of benzene rings is 7. The highest BCUT2D eigenvalue weighted by Gasteiger charge is 2.20. The Morgan fingerprint density at radius 3 is 1.55 bits per heavy atom.